The molecule has 0 amide bonds. The summed E-state index contributed by atoms with van der Waals surface area (Å²) in [4.78, 5) is 23.5. The number of benzene rings is 2. The fourth-order valence-corrected chi connectivity index (χ4v) is 1.63. The Morgan fingerprint density at radius 3 is 2.10 bits per heavy atom. The molecule has 102 valence electrons. The fourth-order valence-electron chi connectivity index (χ4n) is 1.63. The third kappa shape index (κ3) is 3.45. The smallest absolute Gasteiger partial charge is 0.338 e. The molecule has 20 heavy (non-hydrogen) atoms. The Hall–Kier alpha value is -2.62. The molecule has 0 aliphatic rings. The van der Waals surface area contributed by atoms with Gasteiger partial charge in [-0.15, -0.1) is 0 Å². The van der Waals surface area contributed by atoms with Crippen molar-refractivity contribution in [2.75, 3.05) is 6.61 Å². The molecule has 2 rings (SSSR count). The van der Waals surface area contributed by atoms with Crippen molar-refractivity contribution < 1.29 is 19.4 Å². The Morgan fingerprint density at radius 2 is 1.50 bits per heavy atom. The molecule has 0 aliphatic heterocycles. The molecule has 2 aromatic carbocycles. The molecule has 0 spiro atoms. The maximum absolute atomic E-state index is 11.8. The Balaban J connectivity index is 1.94. The number of Topliss-reactive ketones (excluding diaryl/α,β-unsaturated/α-hetero) is 1. The van der Waals surface area contributed by atoms with Gasteiger partial charge in [0.1, 0.15) is 5.75 Å². The standard InChI is InChI=1S/C16H14O4/c1-11-2-4-13(5-3-11)16(19)20-10-15(18)12-6-8-14(17)9-7-12/h2-9,17H,10H2,1H3. The van der Waals surface area contributed by atoms with E-state index in [1.807, 2.05) is 6.92 Å². The minimum absolute atomic E-state index is 0.0817. The average molecular weight is 270 g/mol. The highest BCUT2D eigenvalue weighted by atomic mass is 16.5. The van der Waals surface area contributed by atoms with Gasteiger partial charge < -0.3 is 9.84 Å². The first-order chi connectivity index (χ1) is 9.56. The number of carbonyl (C=O) groups excluding carboxylic acids is 2. The van der Waals surface area contributed by atoms with Crippen LogP contribution in [-0.4, -0.2) is 23.5 Å². The van der Waals surface area contributed by atoms with Gasteiger partial charge in [-0.2, -0.15) is 0 Å². The Labute approximate surface area is 116 Å². The van der Waals surface area contributed by atoms with Crippen LogP contribution in [0.3, 0.4) is 0 Å². The van der Waals surface area contributed by atoms with Gasteiger partial charge in [0.15, 0.2) is 12.4 Å². The van der Waals surface area contributed by atoms with E-state index in [0.717, 1.165) is 5.56 Å². The number of carbonyl (C=O) groups is 2. The molecule has 0 atom stereocenters. The summed E-state index contributed by atoms with van der Waals surface area (Å²) in [5, 5.41) is 9.13. The predicted octanol–water partition coefficient (Wildman–Crippen LogP) is 2.74. The predicted molar refractivity (Wildman–Crippen MR) is 73.9 cm³/mol. The number of phenols is 1. The molecular weight excluding hydrogens is 256 g/mol. The van der Waals surface area contributed by atoms with E-state index in [-0.39, 0.29) is 18.1 Å². The molecular formula is C16H14O4. The third-order valence-electron chi connectivity index (χ3n) is 2.81. The molecule has 0 saturated heterocycles. The molecule has 2 aromatic rings. The van der Waals surface area contributed by atoms with Crippen LogP contribution in [0.25, 0.3) is 0 Å². The monoisotopic (exact) mass is 270 g/mol. The molecule has 1 N–H and O–H groups in total. The van der Waals surface area contributed by atoms with E-state index in [0.29, 0.717) is 11.1 Å². The molecule has 0 aliphatic carbocycles. The number of aromatic hydroxyl groups is 1. The second-order valence-corrected chi connectivity index (χ2v) is 4.41. The van der Waals surface area contributed by atoms with Gasteiger partial charge in [0.2, 0.25) is 0 Å². The van der Waals surface area contributed by atoms with Crippen LogP contribution in [0, 0.1) is 6.92 Å². The molecule has 0 bridgehead atoms. The number of phenolic OH excluding ortho intramolecular Hbond substituents is 1. The number of hydrogen-bond donors (Lipinski definition) is 1. The van der Waals surface area contributed by atoms with Crippen molar-refractivity contribution in [1.29, 1.82) is 0 Å². The summed E-state index contributed by atoms with van der Waals surface area (Å²) in [6, 6.07) is 12.7. The van der Waals surface area contributed by atoms with Crippen molar-refractivity contribution in [3.63, 3.8) is 0 Å². The third-order valence-corrected chi connectivity index (χ3v) is 2.81. The van der Waals surface area contributed by atoms with Crippen LogP contribution in [0.1, 0.15) is 26.3 Å². The van der Waals surface area contributed by atoms with E-state index in [9.17, 15) is 9.59 Å². The number of rotatable bonds is 4. The van der Waals surface area contributed by atoms with Crippen LogP contribution >= 0.6 is 0 Å². The lowest BCUT2D eigenvalue weighted by Crippen LogP contribution is -2.14. The van der Waals surface area contributed by atoms with Crippen molar-refractivity contribution in [2.24, 2.45) is 0 Å². The summed E-state index contributed by atoms with van der Waals surface area (Å²) in [6.07, 6.45) is 0. The lowest BCUT2D eigenvalue weighted by atomic mass is 10.1. The molecule has 0 fully saturated rings. The number of hydrogen-bond acceptors (Lipinski definition) is 4. The Bertz CT molecular complexity index is 554. The largest absolute Gasteiger partial charge is 0.508 e. The summed E-state index contributed by atoms with van der Waals surface area (Å²) in [7, 11) is 0. The van der Waals surface area contributed by atoms with Gasteiger partial charge in [0, 0.05) is 5.56 Å². The molecule has 0 aromatic heterocycles. The summed E-state index contributed by atoms with van der Waals surface area (Å²) in [5.74, 6) is -0.763. The van der Waals surface area contributed by atoms with Gasteiger partial charge in [-0.25, -0.2) is 4.79 Å². The van der Waals surface area contributed by atoms with Crippen LogP contribution in [0.5, 0.6) is 5.75 Å². The molecule has 0 unspecified atom stereocenters. The second kappa shape index (κ2) is 6.02. The highest BCUT2D eigenvalue weighted by molar-refractivity contribution is 5.99. The number of ether oxygens (including phenoxy) is 1. The number of esters is 1. The van der Waals surface area contributed by atoms with E-state index >= 15 is 0 Å². The van der Waals surface area contributed by atoms with Crippen molar-refractivity contribution in [3.05, 3.63) is 65.2 Å². The quantitative estimate of drug-likeness (QED) is 0.685. The van der Waals surface area contributed by atoms with Crippen LogP contribution in [0.2, 0.25) is 0 Å². The molecule has 0 saturated carbocycles. The number of aryl methyl sites for hydroxylation is 1. The van der Waals surface area contributed by atoms with Crippen LogP contribution in [0.4, 0.5) is 0 Å². The second-order valence-electron chi connectivity index (χ2n) is 4.41. The van der Waals surface area contributed by atoms with Gasteiger partial charge in [0.05, 0.1) is 5.56 Å². The van der Waals surface area contributed by atoms with E-state index in [1.54, 1.807) is 24.3 Å². The van der Waals surface area contributed by atoms with Crippen LogP contribution < -0.4 is 0 Å². The van der Waals surface area contributed by atoms with Crippen LogP contribution in [0.15, 0.2) is 48.5 Å². The first-order valence-electron chi connectivity index (χ1n) is 6.12. The molecule has 0 heterocycles. The van der Waals surface area contributed by atoms with Gasteiger partial charge in [0.25, 0.3) is 0 Å². The lowest BCUT2D eigenvalue weighted by Gasteiger charge is -2.05. The highest BCUT2D eigenvalue weighted by Gasteiger charge is 2.11. The normalized spacial score (nSPS) is 10.1. The van der Waals surface area contributed by atoms with Crippen molar-refractivity contribution in [1.82, 2.24) is 0 Å². The van der Waals surface area contributed by atoms with E-state index in [4.69, 9.17) is 9.84 Å². The zero-order valence-corrected chi connectivity index (χ0v) is 11.0. The van der Waals surface area contributed by atoms with Gasteiger partial charge in [-0.1, -0.05) is 17.7 Å². The summed E-state index contributed by atoms with van der Waals surface area (Å²) in [5.41, 5.74) is 1.84. The summed E-state index contributed by atoms with van der Waals surface area (Å²) < 4.78 is 4.96. The Kier molecular flexibility index (Phi) is 4.15. The zero-order valence-electron chi connectivity index (χ0n) is 11.0. The summed E-state index contributed by atoms with van der Waals surface area (Å²) >= 11 is 0. The average Bonchev–Trinajstić information content (AvgIpc) is 2.46. The topological polar surface area (TPSA) is 63.6 Å². The maximum Gasteiger partial charge on any atom is 0.338 e. The van der Waals surface area contributed by atoms with Gasteiger partial charge in [-0.05, 0) is 43.3 Å². The first-order valence-corrected chi connectivity index (χ1v) is 6.12. The fraction of sp³-hybridized carbons (Fsp3) is 0.125. The minimum atomic E-state index is -0.530. The SMILES string of the molecule is Cc1ccc(C(=O)OCC(=O)c2ccc(O)cc2)cc1. The van der Waals surface area contributed by atoms with Crippen molar-refractivity contribution in [2.45, 2.75) is 6.92 Å². The van der Waals surface area contributed by atoms with E-state index in [2.05, 4.69) is 0 Å². The summed E-state index contributed by atoms with van der Waals surface area (Å²) in [6.45, 7) is 1.60. The van der Waals surface area contributed by atoms with Gasteiger partial charge >= 0.3 is 5.97 Å². The first kappa shape index (κ1) is 13.8. The van der Waals surface area contributed by atoms with Gasteiger partial charge in [-0.3, -0.25) is 4.79 Å². The molecule has 4 nitrogen and oxygen atoms in total. The lowest BCUT2D eigenvalue weighted by molar-refractivity contribution is 0.0474. The zero-order chi connectivity index (χ0) is 14.5. The van der Waals surface area contributed by atoms with Crippen molar-refractivity contribution in [3.8, 4) is 5.75 Å². The van der Waals surface area contributed by atoms with E-state index < -0.39 is 5.97 Å². The molecule has 0 radical (unpaired) electrons. The Morgan fingerprint density at radius 1 is 0.950 bits per heavy atom. The minimum Gasteiger partial charge on any atom is -0.508 e. The highest BCUT2D eigenvalue weighted by Crippen LogP contribution is 2.11. The number of ketones is 1. The van der Waals surface area contributed by atoms with Crippen LogP contribution in [-0.2, 0) is 4.74 Å². The molecule has 4 heteroatoms. The van der Waals surface area contributed by atoms with Crippen molar-refractivity contribution >= 4 is 11.8 Å². The maximum atomic E-state index is 11.8. The van der Waals surface area contributed by atoms with E-state index in [1.165, 1.54) is 24.3 Å².